The molecular weight excluding hydrogens is 411 g/mol. The standard InChI is InChI=1S/C20H29FN4O4S/c1-14-7-9-25(10-8-14)20(27)18-11-17(12-22-18)30(28,29)24(2)13-19(26)23-16-5-3-15(21)4-6-16/h3-6,14,17-18,22H,7-13H2,1-2H3,(H,23,26). The van der Waals surface area contributed by atoms with Gasteiger partial charge in [0.2, 0.25) is 21.8 Å². The molecule has 2 N–H and O–H groups in total. The fourth-order valence-electron chi connectivity index (χ4n) is 3.85. The highest BCUT2D eigenvalue weighted by atomic mass is 32.2. The summed E-state index contributed by atoms with van der Waals surface area (Å²) in [4.78, 5) is 26.7. The van der Waals surface area contributed by atoms with Gasteiger partial charge in [-0.3, -0.25) is 9.59 Å². The van der Waals surface area contributed by atoms with Crippen LogP contribution in [0.3, 0.4) is 0 Å². The molecule has 2 fully saturated rings. The van der Waals surface area contributed by atoms with Gasteiger partial charge in [0.05, 0.1) is 17.8 Å². The molecule has 30 heavy (non-hydrogen) atoms. The number of carbonyl (C=O) groups excluding carboxylic acids is 2. The zero-order valence-corrected chi connectivity index (χ0v) is 18.1. The van der Waals surface area contributed by atoms with Gasteiger partial charge in [0.25, 0.3) is 0 Å². The molecule has 2 heterocycles. The number of nitrogens with zero attached hydrogens (tertiary/aromatic N) is 2. The topological polar surface area (TPSA) is 98.8 Å². The average Bonchev–Trinajstić information content (AvgIpc) is 3.21. The Bertz CT molecular complexity index is 869. The number of sulfonamides is 1. The van der Waals surface area contributed by atoms with Crippen LogP contribution in [0.15, 0.2) is 24.3 Å². The van der Waals surface area contributed by atoms with E-state index < -0.39 is 33.0 Å². The van der Waals surface area contributed by atoms with Crippen molar-refractivity contribution in [2.24, 2.45) is 5.92 Å². The molecule has 8 nitrogen and oxygen atoms in total. The molecule has 10 heteroatoms. The van der Waals surface area contributed by atoms with Gasteiger partial charge < -0.3 is 15.5 Å². The number of nitrogens with one attached hydrogen (secondary N) is 2. The van der Waals surface area contributed by atoms with E-state index in [2.05, 4.69) is 17.6 Å². The molecule has 2 atom stereocenters. The van der Waals surface area contributed by atoms with Gasteiger partial charge in [-0.15, -0.1) is 0 Å². The normalized spacial score (nSPS) is 23.0. The molecule has 1 aromatic rings. The van der Waals surface area contributed by atoms with E-state index in [0.29, 0.717) is 24.7 Å². The van der Waals surface area contributed by atoms with Crippen LogP contribution < -0.4 is 10.6 Å². The Morgan fingerprint density at radius 2 is 1.87 bits per heavy atom. The Labute approximate surface area is 176 Å². The molecule has 0 radical (unpaired) electrons. The minimum Gasteiger partial charge on any atom is -0.341 e. The van der Waals surface area contributed by atoms with Crippen LogP contribution in [0.2, 0.25) is 0 Å². The van der Waals surface area contributed by atoms with Gasteiger partial charge in [-0.1, -0.05) is 6.92 Å². The third-order valence-corrected chi connectivity index (χ3v) is 8.03. The number of likely N-dealkylation sites (tertiary alicyclic amines) is 1. The van der Waals surface area contributed by atoms with Gasteiger partial charge in [-0.25, -0.2) is 12.8 Å². The number of hydrogen-bond acceptors (Lipinski definition) is 5. The predicted octanol–water partition coefficient (Wildman–Crippen LogP) is 1.01. The smallest absolute Gasteiger partial charge is 0.239 e. The largest absolute Gasteiger partial charge is 0.341 e. The zero-order valence-electron chi connectivity index (χ0n) is 17.3. The summed E-state index contributed by atoms with van der Waals surface area (Å²) in [5, 5.41) is 4.82. The van der Waals surface area contributed by atoms with Crippen molar-refractivity contribution in [3.63, 3.8) is 0 Å². The first-order valence-corrected chi connectivity index (χ1v) is 11.7. The quantitative estimate of drug-likeness (QED) is 0.688. The highest BCUT2D eigenvalue weighted by Gasteiger charge is 2.41. The Morgan fingerprint density at radius 3 is 2.50 bits per heavy atom. The van der Waals surface area contributed by atoms with Gasteiger partial charge in [0, 0.05) is 32.4 Å². The average molecular weight is 441 g/mol. The van der Waals surface area contributed by atoms with Crippen molar-refractivity contribution in [1.29, 1.82) is 0 Å². The molecule has 0 saturated carbocycles. The highest BCUT2D eigenvalue weighted by molar-refractivity contribution is 7.89. The fourth-order valence-corrected chi connectivity index (χ4v) is 5.40. The summed E-state index contributed by atoms with van der Waals surface area (Å²) in [5.74, 6) is -0.386. The molecule has 0 spiro atoms. The predicted molar refractivity (Wildman–Crippen MR) is 112 cm³/mol. The van der Waals surface area contributed by atoms with Crippen LogP contribution in [0, 0.1) is 11.7 Å². The molecule has 2 aliphatic heterocycles. The number of halogens is 1. The zero-order chi connectivity index (χ0) is 21.9. The van der Waals surface area contributed by atoms with Crippen molar-refractivity contribution in [1.82, 2.24) is 14.5 Å². The Hall–Kier alpha value is -2.04. The number of benzene rings is 1. The van der Waals surface area contributed by atoms with Crippen molar-refractivity contribution in [2.75, 3.05) is 38.5 Å². The molecule has 0 aliphatic carbocycles. The molecule has 3 rings (SSSR count). The number of carbonyl (C=O) groups is 2. The van der Waals surface area contributed by atoms with Gasteiger partial charge in [-0.2, -0.15) is 4.31 Å². The van der Waals surface area contributed by atoms with Crippen LogP contribution in [0.5, 0.6) is 0 Å². The van der Waals surface area contributed by atoms with Gasteiger partial charge in [0.1, 0.15) is 5.82 Å². The lowest BCUT2D eigenvalue weighted by atomic mass is 9.98. The lowest BCUT2D eigenvalue weighted by molar-refractivity contribution is -0.134. The van der Waals surface area contributed by atoms with E-state index >= 15 is 0 Å². The second kappa shape index (κ2) is 9.40. The first-order valence-electron chi connectivity index (χ1n) is 10.2. The molecule has 2 amide bonds. The Morgan fingerprint density at radius 1 is 1.23 bits per heavy atom. The lowest BCUT2D eigenvalue weighted by Crippen LogP contribution is -2.46. The van der Waals surface area contributed by atoms with E-state index in [4.69, 9.17) is 0 Å². The van der Waals surface area contributed by atoms with E-state index in [1.165, 1.54) is 31.3 Å². The first kappa shape index (κ1) is 22.6. The maximum absolute atomic E-state index is 13.0. The maximum atomic E-state index is 13.0. The van der Waals surface area contributed by atoms with Crippen molar-refractivity contribution in [3.05, 3.63) is 30.1 Å². The van der Waals surface area contributed by atoms with Crippen LogP contribution in [0.4, 0.5) is 10.1 Å². The van der Waals surface area contributed by atoms with E-state index in [1.54, 1.807) is 0 Å². The summed E-state index contributed by atoms with van der Waals surface area (Å²) < 4.78 is 39.7. The van der Waals surface area contributed by atoms with Crippen LogP contribution in [0.25, 0.3) is 0 Å². The summed E-state index contributed by atoms with van der Waals surface area (Å²) in [6, 6.07) is 4.71. The maximum Gasteiger partial charge on any atom is 0.239 e. The van der Waals surface area contributed by atoms with E-state index in [9.17, 15) is 22.4 Å². The summed E-state index contributed by atoms with van der Waals surface area (Å²) in [6.45, 7) is 3.39. The van der Waals surface area contributed by atoms with Crippen LogP contribution >= 0.6 is 0 Å². The van der Waals surface area contributed by atoms with E-state index in [1.807, 2.05) is 4.90 Å². The van der Waals surface area contributed by atoms with Crippen molar-refractivity contribution in [3.8, 4) is 0 Å². The molecule has 2 saturated heterocycles. The van der Waals surface area contributed by atoms with Gasteiger partial charge in [-0.05, 0) is 49.4 Å². The van der Waals surface area contributed by atoms with Gasteiger partial charge in [0.15, 0.2) is 0 Å². The summed E-state index contributed by atoms with van der Waals surface area (Å²) >= 11 is 0. The SMILES string of the molecule is CC1CCN(C(=O)C2CC(S(=O)(=O)N(C)CC(=O)Nc3ccc(F)cc3)CN2)CC1. The monoisotopic (exact) mass is 440 g/mol. The molecule has 2 aliphatic rings. The number of anilines is 1. The van der Waals surface area contributed by atoms with Crippen molar-refractivity contribution in [2.45, 2.75) is 37.5 Å². The van der Waals surface area contributed by atoms with E-state index in [-0.39, 0.29) is 25.4 Å². The Kier molecular flexibility index (Phi) is 7.10. The summed E-state index contributed by atoms with van der Waals surface area (Å²) in [7, 11) is -2.41. The number of likely N-dealkylation sites (N-methyl/N-ethyl adjacent to an activating group) is 1. The molecular formula is C20H29FN4O4S. The summed E-state index contributed by atoms with van der Waals surface area (Å²) in [5.41, 5.74) is 0.385. The molecule has 1 aromatic carbocycles. The summed E-state index contributed by atoms with van der Waals surface area (Å²) in [6.07, 6.45) is 2.12. The number of rotatable bonds is 6. The lowest BCUT2D eigenvalue weighted by Gasteiger charge is -2.32. The second-order valence-corrected chi connectivity index (χ2v) is 10.5. The minimum absolute atomic E-state index is 0.0451. The Balaban J connectivity index is 1.53. The molecule has 0 aromatic heterocycles. The number of amides is 2. The molecule has 0 bridgehead atoms. The fraction of sp³-hybridized carbons (Fsp3) is 0.600. The molecule has 2 unspecified atom stereocenters. The van der Waals surface area contributed by atoms with Crippen LogP contribution in [-0.4, -0.2) is 74.0 Å². The minimum atomic E-state index is -3.76. The van der Waals surface area contributed by atoms with E-state index in [0.717, 1.165) is 17.1 Å². The van der Waals surface area contributed by atoms with Crippen molar-refractivity contribution >= 4 is 27.5 Å². The molecule has 166 valence electrons. The third-order valence-electron chi connectivity index (χ3n) is 5.83. The number of piperidine rings is 1. The van der Waals surface area contributed by atoms with Crippen LogP contribution in [-0.2, 0) is 19.6 Å². The van der Waals surface area contributed by atoms with Gasteiger partial charge >= 0.3 is 0 Å². The number of hydrogen-bond donors (Lipinski definition) is 2. The second-order valence-electron chi connectivity index (χ2n) is 8.18. The first-order chi connectivity index (χ1) is 14.2. The van der Waals surface area contributed by atoms with Crippen LogP contribution in [0.1, 0.15) is 26.2 Å². The highest BCUT2D eigenvalue weighted by Crippen LogP contribution is 2.22. The third kappa shape index (κ3) is 5.35. The van der Waals surface area contributed by atoms with Crippen molar-refractivity contribution < 1.29 is 22.4 Å².